The van der Waals surface area contributed by atoms with Crippen molar-refractivity contribution in [3.63, 3.8) is 0 Å². The summed E-state index contributed by atoms with van der Waals surface area (Å²) in [4.78, 5) is 17.7. The van der Waals surface area contributed by atoms with Gasteiger partial charge >= 0.3 is 0 Å². The number of hydrogen-bond donors (Lipinski definition) is 0. The van der Waals surface area contributed by atoms with Crippen molar-refractivity contribution in [2.75, 3.05) is 32.7 Å². The third-order valence-corrected chi connectivity index (χ3v) is 6.17. The first-order chi connectivity index (χ1) is 15.2. The van der Waals surface area contributed by atoms with Crippen LogP contribution in [0.3, 0.4) is 0 Å². The summed E-state index contributed by atoms with van der Waals surface area (Å²) >= 11 is 0. The van der Waals surface area contributed by atoms with E-state index in [9.17, 15) is 4.79 Å². The maximum Gasteiger partial charge on any atom is 0.223 e. The number of carbonyl (C=O) groups excluding carboxylic acids is 1. The highest BCUT2D eigenvalue weighted by molar-refractivity contribution is 5.76. The Morgan fingerprint density at radius 3 is 1.91 bits per heavy atom. The van der Waals surface area contributed by atoms with E-state index in [0.717, 1.165) is 64.8 Å². The maximum absolute atomic E-state index is 13.1. The van der Waals surface area contributed by atoms with Crippen molar-refractivity contribution in [1.82, 2.24) is 9.80 Å². The zero-order chi connectivity index (χ0) is 23.9. The highest BCUT2D eigenvalue weighted by Gasteiger charge is 2.22. The second-order valence-electron chi connectivity index (χ2n) is 10.1. The van der Waals surface area contributed by atoms with Gasteiger partial charge < -0.3 is 4.90 Å². The molecule has 0 aliphatic carbocycles. The van der Waals surface area contributed by atoms with Crippen LogP contribution in [-0.2, 0) is 4.79 Å². The van der Waals surface area contributed by atoms with Crippen LogP contribution in [0.15, 0.2) is 46.6 Å². The van der Waals surface area contributed by atoms with Gasteiger partial charge in [-0.25, -0.2) is 0 Å². The number of piperazine rings is 1. The van der Waals surface area contributed by atoms with Crippen molar-refractivity contribution < 1.29 is 4.79 Å². The minimum Gasteiger partial charge on any atom is -0.340 e. The molecule has 0 spiro atoms. The molecule has 3 heteroatoms. The van der Waals surface area contributed by atoms with Gasteiger partial charge in [0.1, 0.15) is 0 Å². The predicted molar refractivity (Wildman–Crippen MR) is 141 cm³/mol. The van der Waals surface area contributed by atoms with Crippen LogP contribution in [-0.4, -0.2) is 48.4 Å². The molecule has 1 saturated heterocycles. The largest absolute Gasteiger partial charge is 0.340 e. The second-order valence-corrected chi connectivity index (χ2v) is 10.1. The van der Waals surface area contributed by atoms with Gasteiger partial charge in [0, 0.05) is 32.6 Å². The summed E-state index contributed by atoms with van der Waals surface area (Å²) in [5.41, 5.74) is 5.60. The Labute approximate surface area is 199 Å². The molecule has 0 N–H and O–H groups in total. The van der Waals surface area contributed by atoms with E-state index in [1.165, 1.54) is 28.7 Å². The van der Waals surface area contributed by atoms with Crippen LogP contribution in [0, 0.1) is 5.92 Å². The lowest BCUT2D eigenvalue weighted by molar-refractivity contribution is -0.133. The average Bonchev–Trinajstić information content (AvgIpc) is 2.72. The molecule has 0 saturated carbocycles. The molecular formula is C29H50N2O. The van der Waals surface area contributed by atoms with Gasteiger partial charge in [-0.1, -0.05) is 53.5 Å². The molecule has 0 bridgehead atoms. The van der Waals surface area contributed by atoms with Gasteiger partial charge in [0.05, 0.1) is 0 Å². The summed E-state index contributed by atoms with van der Waals surface area (Å²) in [6, 6.07) is 0. The van der Waals surface area contributed by atoms with E-state index in [1.54, 1.807) is 0 Å². The molecule has 0 aromatic rings. The van der Waals surface area contributed by atoms with Crippen molar-refractivity contribution in [2.45, 2.75) is 93.4 Å². The molecule has 32 heavy (non-hydrogen) atoms. The molecule has 3 nitrogen and oxygen atoms in total. The van der Waals surface area contributed by atoms with Gasteiger partial charge in [-0.05, 0) is 92.5 Å². The fourth-order valence-electron chi connectivity index (χ4n) is 4.22. The monoisotopic (exact) mass is 442 g/mol. The number of allylic oxidation sites excluding steroid dienone is 8. The Balaban J connectivity index is 2.75. The van der Waals surface area contributed by atoms with Crippen LogP contribution in [0.2, 0.25) is 0 Å². The van der Waals surface area contributed by atoms with Crippen LogP contribution >= 0.6 is 0 Å². The normalized spacial score (nSPS) is 16.7. The Bertz CT molecular complexity index is 667. The number of nitrogens with zero attached hydrogens (tertiary/aromatic N) is 2. The summed E-state index contributed by atoms with van der Waals surface area (Å²) < 4.78 is 0. The van der Waals surface area contributed by atoms with Crippen molar-refractivity contribution in [2.24, 2.45) is 5.92 Å². The molecule has 1 heterocycles. The molecule has 1 unspecified atom stereocenters. The maximum atomic E-state index is 13.1. The number of hydrogen-bond acceptors (Lipinski definition) is 2. The minimum atomic E-state index is 0.293. The van der Waals surface area contributed by atoms with E-state index >= 15 is 0 Å². The minimum absolute atomic E-state index is 0.293. The summed E-state index contributed by atoms with van der Waals surface area (Å²) in [7, 11) is 0. The molecule has 0 aromatic carbocycles. The van der Waals surface area contributed by atoms with Crippen molar-refractivity contribution >= 4 is 5.91 Å². The lowest BCUT2D eigenvalue weighted by Crippen LogP contribution is -2.49. The van der Waals surface area contributed by atoms with Crippen LogP contribution in [0.4, 0.5) is 0 Å². The molecule has 1 fully saturated rings. The van der Waals surface area contributed by atoms with E-state index in [4.69, 9.17) is 0 Å². The molecule has 1 aliphatic heterocycles. The van der Waals surface area contributed by atoms with E-state index in [-0.39, 0.29) is 0 Å². The van der Waals surface area contributed by atoms with Gasteiger partial charge in [0.2, 0.25) is 5.91 Å². The second kappa shape index (κ2) is 16.1. The molecule has 1 atom stereocenters. The first-order valence-corrected chi connectivity index (χ1v) is 12.8. The SMILES string of the molecule is CCCN1CCN(C(=O)CC(/C=C(\C)CCC=C(C)C)C/C=C(\C)CCC=C(C)C)CC1. The van der Waals surface area contributed by atoms with E-state index in [2.05, 4.69) is 82.6 Å². The number of carbonyl (C=O) groups is 1. The zero-order valence-electron chi connectivity index (χ0n) is 22.2. The third kappa shape index (κ3) is 13.1. The lowest BCUT2D eigenvalue weighted by Gasteiger charge is -2.35. The summed E-state index contributed by atoms with van der Waals surface area (Å²) in [5.74, 6) is 0.622. The van der Waals surface area contributed by atoms with Gasteiger partial charge in [0.25, 0.3) is 0 Å². The van der Waals surface area contributed by atoms with Crippen molar-refractivity contribution in [3.05, 3.63) is 46.6 Å². The highest BCUT2D eigenvalue weighted by Crippen LogP contribution is 2.21. The number of amides is 1. The molecule has 1 amide bonds. The van der Waals surface area contributed by atoms with E-state index < -0.39 is 0 Å². The summed E-state index contributed by atoms with van der Waals surface area (Å²) in [6.07, 6.45) is 16.5. The van der Waals surface area contributed by atoms with Gasteiger partial charge in [-0.15, -0.1) is 0 Å². The molecule has 0 radical (unpaired) electrons. The first kappa shape index (κ1) is 28.4. The Hall–Kier alpha value is -1.61. The van der Waals surface area contributed by atoms with Gasteiger partial charge in [0.15, 0.2) is 0 Å². The number of rotatable bonds is 13. The van der Waals surface area contributed by atoms with Crippen molar-refractivity contribution in [3.8, 4) is 0 Å². The van der Waals surface area contributed by atoms with Crippen LogP contribution < -0.4 is 0 Å². The molecule has 1 rings (SSSR count). The van der Waals surface area contributed by atoms with Crippen LogP contribution in [0.1, 0.15) is 93.4 Å². The predicted octanol–water partition coefficient (Wildman–Crippen LogP) is 7.32. The standard InChI is InChI=1S/C29H50N2O/c1-8-17-30-18-20-31(21-19-30)29(32)23-28(22-27(7)14-10-12-25(4)5)16-15-26(6)13-9-11-24(2)3/h11-12,15,22,28H,8-10,13-14,16-21,23H2,1-7H3/b26-15+,27-22+. The molecule has 182 valence electrons. The van der Waals surface area contributed by atoms with Gasteiger partial charge in [-0.2, -0.15) is 0 Å². The first-order valence-electron chi connectivity index (χ1n) is 12.8. The van der Waals surface area contributed by atoms with Crippen LogP contribution in [0.5, 0.6) is 0 Å². The molecular weight excluding hydrogens is 392 g/mol. The summed E-state index contributed by atoms with van der Waals surface area (Å²) in [6.45, 7) is 20.3. The summed E-state index contributed by atoms with van der Waals surface area (Å²) in [5, 5.41) is 0. The molecule has 1 aliphatic rings. The fraction of sp³-hybridized carbons (Fsp3) is 0.690. The van der Waals surface area contributed by atoms with Gasteiger partial charge in [-0.3, -0.25) is 9.69 Å². The van der Waals surface area contributed by atoms with Crippen molar-refractivity contribution in [1.29, 1.82) is 0 Å². The Kier molecular flexibility index (Phi) is 14.3. The topological polar surface area (TPSA) is 23.6 Å². The average molecular weight is 443 g/mol. The van der Waals surface area contributed by atoms with E-state index in [0.29, 0.717) is 18.2 Å². The zero-order valence-corrected chi connectivity index (χ0v) is 22.2. The Morgan fingerprint density at radius 1 is 0.812 bits per heavy atom. The third-order valence-electron chi connectivity index (χ3n) is 6.17. The smallest absolute Gasteiger partial charge is 0.223 e. The highest BCUT2D eigenvalue weighted by atomic mass is 16.2. The Morgan fingerprint density at radius 2 is 1.38 bits per heavy atom. The quantitative estimate of drug-likeness (QED) is 0.279. The lowest BCUT2D eigenvalue weighted by atomic mass is 9.94. The van der Waals surface area contributed by atoms with E-state index in [1.807, 2.05) is 0 Å². The van der Waals surface area contributed by atoms with Crippen LogP contribution in [0.25, 0.3) is 0 Å². The fourth-order valence-corrected chi connectivity index (χ4v) is 4.22. The molecule has 0 aromatic heterocycles.